The van der Waals surface area contributed by atoms with Gasteiger partial charge in [0.1, 0.15) is 6.04 Å². The number of carbonyl (C=O) groups excluding carboxylic acids is 1. The highest BCUT2D eigenvalue weighted by Crippen LogP contribution is 2.20. The quantitative estimate of drug-likeness (QED) is 0.791. The van der Waals surface area contributed by atoms with E-state index in [4.69, 9.17) is 0 Å². The zero-order valence-corrected chi connectivity index (χ0v) is 15.6. The summed E-state index contributed by atoms with van der Waals surface area (Å²) >= 11 is 0. The van der Waals surface area contributed by atoms with Gasteiger partial charge < -0.3 is 10.6 Å². The van der Waals surface area contributed by atoms with Crippen molar-refractivity contribution in [3.05, 3.63) is 60.2 Å². The van der Waals surface area contributed by atoms with Crippen LogP contribution < -0.4 is 10.6 Å². The molecule has 0 saturated heterocycles. The molecule has 0 aliphatic rings. The Morgan fingerprint density at radius 3 is 2.24 bits per heavy atom. The molecular formula is C19H25N2O3S+. The Morgan fingerprint density at radius 1 is 1.04 bits per heavy atom. The molecule has 0 unspecified atom stereocenters. The van der Waals surface area contributed by atoms with Crippen molar-refractivity contribution in [2.45, 2.75) is 24.8 Å². The van der Waals surface area contributed by atoms with Gasteiger partial charge in [0.2, 0.25) is 0 Å². The summed E-state index contributed by atoms with van der Waals surface area (Å²) in [5, 5.41) is 4.70. The molecule has 1 atom stereocenters. The van der Waals surface area contributed by atoms with Crippen LogP contribution in [0.4, 0.5) is 5.69 Å². The molecule has 5 nitrogen and oxygen atoms in total. The molecule has 6 heteroatoms. The Kier molecular flexibility index (Phi) is 6.33. The highest BCUT2D eigenvalue weighted by Gasteiger charge is 2.21. The van der Waals surface area contributed by atoms with Gasteiger partial charge in [-0.2, -0.15) is 0 Å². The van der Waals surface area contributed by atoms with Gasteiger partial charge in [-0.1, -0.05) is 56.3 Å². The molecule has 0 aromatic heterocycles. The Morgan fingerprint density at radius 2 is 1.64 bits per heavy atom. The SMILES string of the molecule is CC(C)[C@H]([NH2+]CC(=O)Nc1ccccc1S(C)(=O)=O)c1ccccc1. The van der Waals surface area contributed by atoms with Crippen LogP contribution >= 0.6 is 0 Å². The van der Waals surface area contributed by atoms with E-state index in [1.807, 2.05) is 23.5 Å². The van der Waals surface area contributed by atoms with Crippen LogP contribution in [0.3, 0.4) is 0 Å². The summed E-state index contributed by atoms with van der Waals surface area (Å²) in [6.45, 7) is 4.45. The lowest BCUT2D eigenvalue weighted by Crippen LogP contribution is -2.88. The first-order valence-electron chi connectivity index (χ1n) is 8.26. The molecule has 0 radical (unpaired) electrons. The fraction of sp³-hybridized carbons (Fsp3) is 0.316. The number of hydrogen-bond donors (Lipinski definition) is 2. The topological polar surface area (TPSA) is 79.8 Å². The van der Waals surface area contributed by atoms with Crippen LogP contribution in [0.5, 0.6) is 0 Å². The largest absolute Gasteiger partial charge is 0.332 e. The van der Waals surface area contributed by atoms with Crippen molar-refractivity contribution in [2.24, 2.45) is 5.92 Å². The molecule has 25 heavy (non-hydrogen) atoms. The van der Waals surface area contributed by atoms with Crippen molar-refractivity contribution in [1.29, 1.82) is 0 Å². The van der Waals surface area contributed by atoms with Gasteiger partial charge in [0.15, 0.2) is 16.4 Å². The molecule has 0 saturated carbocycles. The van der Waals surface area contributed by atoms with E-state index in [0.717, 1.165) is 6.26 Å². The molecule has 134 valence electrons. The number of nitrogens with one attached hydrogen (secondary N) is 1. The monoisotopic (exact) mass is 361 g/mol. The molecule has 1 amide bonds. The van der Waals surface area contributed by atoms with Gasteiger partial charge in [-0.3, -0.25) is 4.79 Å². The first-order chi connectivity index (χ1) is 11.8. The summed E-state index contributed by atoms with van der Waals surface area (Å²) in [6, 6.07) is 16.7. The van der Waals surface area contributed by atoms with Crippen molar-refractivity contribution < 1.29 is 18.5 Å². The fourth-order valence-corrected chi connectivity index (χ4v) is 3.64. The number of rotatable bonds is 7. The minimum Gasteiger partial charge on any atom is -0.332 e. The number of hydrogen-bond acceptors (Lipinski definition) is 3. The zero-order chi connectivity index (χ0) is 18.4. The van der Waals surface area contributed by atoms with Crippen molar-refractivity contribution in [1.82, 2.24) is 0 Å². The van der Waals surface area contributed by atoms with Crippen LogP contribution in [0.2, 0.25) is 0 Å². The smallest absolute Gasteiger partial charge is 0.279 e. The van der Waals surface area contributed by atoms with Crippen LogP contribution in [0.1, 0.15) is 25.5 Å². The molecule has 0 spiro atoms. The number of nitrogens with two attached hydrogens (primary N) is 1. The molecule has 0 aliphatic carbocycles. The Hall–Kier alpha value is -2.18. The number of para-hydroxylation sites is 1. The van der Waals surface area contributed by atoms with E-state index < -0.39 is 9.84 Å². The van der Waals surface area contributed by atoms with Crippen molar-refractivity contribution in [2.75, 3.05) is 18.1 Å². The van der Waals surface area contributed by atoms with Crippen molar-refractivity contribution in [3.63, 3.8) is 0 Å². The maximum atomic E-state index is 12.3. The number of anilines is 1. The van der Waals surface area contributed by atoms with Gasteiger partial charge in [-0.05, 0) is 12.1 Å². The maximum absolute atomic E-state index is 12.3. The summed E-state index contributed by atoms with van der Waals surface area (Å²) in [5.41, 5.74) is 1.49. The molecule has 3 N–H and O–H groups in total. The first kappa shape index (κ1) is 19.1. The summed E-state index contributed by atoms with van der Waals surface area (Å²) in [7, 11) is -3.39. The predicted molar refractivity (Wildman–Crippen MR) is 99.0 cm³/mol. The van der Waals surface area contributed by atoms with E-state index in [1.54, 1.807) is 18.2 Å². The second-order valence-corrected chi connectivity index (χ2v) is 8.42. The lowest BCUT2D eigenvalue weighted by atomic mass is 9.96. The average molecular weight is 361 g/mol. The van der Waals surface area contributed by atoms with Gasteiger partial charge in [0.25, 0.3) is 5.91 Å². The minimum atomic E-state index is -3.39. The number of carbonyl (C=O) groups is 1. The molecule has 2 aromatic rings. The minimum absolute atomic E-state index is 0.131. The van der Waals surface area contributed by atoms with Crippen LogP contribution in [0.15, 0.2) is 59.5 Å². The van der Waals surface area contributed by atoms with E-state index in [-0.39, 0.29) is 23.4 Å². The summed E-state index contributed by atoms with van der Waals surface area (Å²) in [6.07, 6.45) is 1.13. The molecule has 0 heterocycles. The number of quaternary nitrogens is 1. The third kappa shape index (κ3) is 5.41. The fourth-order valence-electron chi connectivity index (χ4n) is 2.80. The number of amides is 1. The maximum Gasteiger partial charge on any atom is 0.279 e. The van der Waals surface area contributed by atoms with E-state index in [0.29, 0.717) is 11.6 Å². The Labute approximate surface area is 149 Å². The van der Waals surface area contributed by atoms with E-state index in [9.17, 15) is 13.2 Å². The van der Waals surface area contributed by atoms with Gasteiger partial charge in [-0.25, -0.2) is 8.42 Å². The van der Waals surface area contributed by atoms with Crippen LogP contribution in [0.25, 0.3) is 0 Å². The molecule has 2 rings (SSSR count). The van der Waals surface area contributed by atoms with E-state index in [1.165, 1.54) is 11.6 Å². The molecule has 0 fully saturated rings. The van der Waals surface area contributed by atoms with Crippen molar-refractivity contribution in [3.8, 4) is 0 Å². The van der Waals surface area contributed by atoms with Crippen LogP contribution in [-0.4, -0.2) is 27.1 Å². The molecule has 0 bridgehead atoms. The summed E-state index contributed by atoms with van der Waals surface area (Å²) in [5.74, 6) is 0.135. The molecule has 0 aliphatic heterocycles. The Balaban J connectivity index is 2.06. The highest BCUT2D eigenvalue weighted by atomic mass is 32.2. The van der Waals surface area contributed by atoms with Crippen LogP contribution in [0, 0.1) is 5.92 Å². The number of benzene rings is 2. The number of sulfone groups is 1. The van der Waals surface area contributed by atoms with Gasteiger partial charge in [-0.15, -0.1) is 0 Å². The normalized spacial score (nSPS) is 12.8. The zero-order valence-electron chi connectivity index (χ0n) is 14.8. The average Bonchev–Trinajstić information content (AvgIpc) is 2.55. The lowest BCUT2D eigenvalue weighted by molar-refractivity contribution is -0.692. The van der Waals surface area contributed by atoms with Crippen LogP contribution in [-0.2, 0) is 14.6 Å². The van der Waals surface area contributed by atoms with E-state index in [2.05, 4.69) is 31.3 Å². The summed E-state index contributed by atoms with van der Waals surface area (Å²) < 4.78 is 23.6. The molecule has 2 aromatic carbocycles. The van der Waals surface area contributed by atoms with Crippen molar-refractivity contribution >= 4 is 21.4 Å². The third-order valence-electron chi connectivity index (χ3n) is 4.02. The second kappa shape index (κ2) is 8.27. The van der Waals surface area contributed by atoms with Gasteiger partial charge >= 0.3 is 0 Å². The van der Waals surface area contributed by atoms with Gasteiger partial charge in [0.05, 0.1) is 10.6 Å². The van der Waals surface area contributed by atoms with Gasteiger partial charge in [0, 0.05) is 17.7 Å². The standard InChI is InChI=1S/C19H24N2O3S/c1-14(2)19(15-9-5-4-6-10-15)20-13-18(22)21-16-11-7-8-12-17(16)25(3,23)24/h4-12,14,19-20H,13H2,1-3H3,(H,21,22)/p+1/t19-/m0/s1. The predicted octanol–water partition coefficient (Wildman–Crippen LogP) is 1.99. The van der Waals surface area contributed by atoms with E-state index >= 15 is 0 Å². The summed E-state index contributed by atoms with van der Waals surface area (Å²) in [4.78, 5) is 12.4. The third-order valence-corrected chi connectivity index (χ3v) is 5.18. The highest BCUT2D eigenvalue weighted by molar-refractivity contribution is 7.90. The first-order valence-corrected chi connectivity index (χ1v) is 10.2. The lowest BCUT2D eigenvalue weighted by Gasteiger charge is -2.19. The Bertz CT molecular complexity index is 818. The molecular weight excluding hydrogens is 336 g/mol. The second-order valence-electron chi connectivity index (χ2n) is 6.44.